The van der Waals surface area contributed by atoms with Gasteiger partial charge in [-0.15, -0.1) is 0 Å². The van der Waals surface area contributed by atoms with E-state index in [9.17, 15) is 5.11 Å². The summed E-state index contributed by atoms with van der Waals surface area (Å²) < 4.78 is 1.79. The molecule has 86 valence electrons. The van der Waals surface area contributed by atoms with Gasteiger partial charge in [0.2, 0.25) is 0 Å². The molecule has 0 saturated carbocycles. The molecule has 1 heterocycles. The van der Waals surface area contributed by atoms with Crippen LogP contribution >= 0.6 is 0 Å². The van der Waals surface area contributed by atoms with E-state index in [-0.39, 0.29) is 6.10 Å². The van der Waals surface area contributed by atoms with Gasteiger partial charge >= 0.3 is 0 Å². The average molecular weight is 212 g/mol. The summed E-state index contributed by atoms with van der Waals surface area (Å²) in [6.45, 7) is 6.53. The highest BCUT2D eigenvalue weighted by molar-refractivity contribution is 5.60. The largest absolute Gasteiger partial charge is 0.394 e. The van der Waals surface area contributed by atoms with Crippen molar-refractivity contribution >= 4 is 11.5 Å². The topological polar surface area (TPSA) is 76.1 Å². The van der Waals surface area contributed by atoms with Crippen molar-refractivity contribution in [1.29, 1.82) is 0 Å². The van der Waals surface area contributed by atoms with E-state index in [0.29, 0.717) is 24.7 Å². The fourth-order valence-corrected chi connectivity index (χ4v) is 1.31. The van der Waals surface area contributed by atoms with E-state index in [4.69, 9.17) is 5.73 Å². The molecular formula is C10H20N4O. The smallest absolute Gasteiger partial charge is 0.147 e. The van der Waals surface area contributed by atoms with Crippen molar-refractivity contribution in [2.24, 2.45) is 0 Å². The summed E-state index contributed by atoms with van der Waals surface area (Å²) in [6, 6.07) is 0.314. The highest BCUT2D eigenvalue weighted by Crippen LogP contribution is 2.18. The first kappa shape index (κ1) is 11.8. The Labute approximate surface area is 90.3 Å². The van der Waals surface area contributed by atoms with Crippen LogP contribution in [0.5, 0.6) is 0 Å². The second kappa shape index (κ2) is 5.02. The van der Waals surface area contributed by atoms with Gasteiger partial charge in [-0.1, -0.05) is 0 Å². The fourth-order valence-electron chi connectivity index (χ4n) is 1.31. The first-order valence-corrected chi connectivity index (χ1v) is 5.26. The number of hydrogen-bond donors (Lipinski definition) is 3. The van der Waals surface area contributed by atoms with Gasteiger partial charge < -0.3 is 16.2 Å². The lowest BCUT2D eigenvalue weighted by atomic mass is 10.3. The highest BCUT2D eigenvalue weighted by Gasteiger charge is 2.09. The van der Waals surface area contributed by atoms with Gasteiger partial charge in [0.1, 0.15) is 5.82 Å². The maximum absolute atomic E-state index is 9.20. The summed E-state index contributed by atoms with van der Waals surface area (Å²) in [5.74, 6) is 0.839. The van der Waals surface area contributed by atoms with Gasteiger partial charge in [-0.3, -0.25) is 0 Å². The zero-order chi connectivity index (χ0) is 11.4. The van der Waals surface area contributed by atoms with Crippen LogP contribution < -0.4 is 11.1 Å². The standard InChI is InChI=1S/C10H20N4O/c1-7(2)13-10-9(11)6-12-14(10)5-4-8(3)15/h6-8,13,15H,4-5,11H2,1-3H3. The molecule has 1 unspecified atom stereocenters. The molecule has 15 heavy (non-hydrogen) atoms. The molecule has 0 aliphatic carbocycles. The predicted octanol–water partition coefficient (Wildman–Crippen LogP) is 1.06. The number of aliphatic hydroxyl groups is 1. The number of nitrogens with two attached hydrogens (primary N) is 1. The predicted molar refractivity (Wildman–Crippen MR) is 61.7 cm³/mol. The maximum Gasteiger partial charge on any atom is 0.147 e. The molecule has 1 rings (SSSR count). The van der Waals surface area contributed by atoms with Gasteiger partial charge in [0, 0.05) is 12.6 Å². The van der Waals surface area contributed by atoms with Crippen molar-refractivity contribution in [3.8, 4) is 0 Å². The minimum atomic E-state index is -0.317. The van der Waals surface area contributed by atoms with E-state index in [1.807, 2.05) is 13.8 Å². The molecule has 0 bridgehead atoms. The number of aryl methyl sites for hydroxylation is 1. The Morgan fingerprint density at radius 1 is 1.53 bits per heavy atom. The van der Waals surface area contributed by atoms with Crippen molar-refractivity contribution in [1.82, 2.24) is 9.78 Å². The summed E-state index contributed by atoms with van der Waals surface area (Å²) in [6.07, 6.45) is 1.99. The van der Waals surface area contributed by atoms with E-state index >= 15 is 0 Å². The summed E-state index contributed by atoms with van der Waals surface area (Å²) in [7, 11) is 0. The minimum Gasteiger partial charge on any atom is -0.394 e. The molecular weight excluding hydrogens is 192 g/mol. The molecule has 0 amide bonds. The molecule has 0 aliphatic rings. The van der Waals surface area contributed by atoms with Crippen molar-refractivity contribution in [2.45, 2.75) is 45.9 Å². The van der Waals surface area contributed by atoms with Crippen molar-refractivity contribution in [3.05, 3.63) is 6.20 Å². The first-order chi connectivity index (χ1) is 7.00. The van der Waals surface area contributed by atoms with Crippen LogP contribution in [0.1, 0.15) is 27.2 Å². The van der Waals surface area contributed by atoms with Crippen LogP contribution in [0.15, 0.2) is 6.20 Å². The minimum absolute atomic E-state index is 0.314. The van der Waals surface area contributed by atoms with Crippen LogP contribution in [0, 0.1) is 0 Å². The maximum atomic E-state index is 9.20. The second-order valence-electron chi connectivity index (χ2n) is 4.11. The van der Waals surface area contributed by atoms with Crippen LogP contribution in [-0.2, 0) is 6.54 Å². The molecule has 0 radical (unpaired) electrons. The Bertz CT molecular complexity index is 306. The average Bonchev–Trinajstić information content (AvgIpc) is 2.44. The number of nitrogens with one attached hydrogen (secondary N) is 1. The van der Waals surface area contributed by atoms with E-state index in [2.05, 4.69) is 10.4 Å². The molecule has 1 aromatic rings. The molecule has 0 fully saturated rings. The zero-order valence-electron chi connectivity index (χ0n) is 9.57. The quantitative estimate of drug-likeness (QED) is 0.682. The van der Waals surface area contributed by atoms with Crippen molar-refractivity contribution in [2.75, 3.05) is 11.1 Å². The van der Waals surface area contributed by atoms with E-state index in [1.165, 1.54) is 0 Å². The van der Waals surface area contributed by atoms with Gasteiger partial charge in [0.05, 0.1) is 18.0 Å². The lowest BCUT2D eigenvalue weighted by Gasteiger charge is -2.13. The van der Waals surface area contributed by atoms with Crippen LogP contribution in [0.3, 0.4) is 0 Å². The first-order valence-electron chi connectivity index (χ1n) is 5.26. The Balaban J connectivity index is 2.70. The molecule has 1 aromatic heterocycles. The lowest BCUT2D eigenvalue weighted by molar-refractivity contribution is 0.176. The van der Waals surface area contributed by atoms with E-state index < -0.39 is 0 Å². The van der Waals surface area contributed by atoms with Crippen molar-refractivity contribution < 1.29 is 5.11 Å². The summed E-state index contributed by atoms with van der Waals surface area (Å²) in [5, 5.41) is 16.6. The number of aromatic nitrogens is 2. The van der Waals surface area contributed by atoms with E-state index in [0.717, 1.165) is 5.82 Å². The summed E-state index contributed by atoms with van der Waals surface area (Å²) in [5.41, 5.74) is 6.44. The van der Waals surface area contributed by atoms with Gasteiger partial charge in [0.25, 0.3) is 0 Å². The van der Waals surface area contributed by atoms with Gasteiger partial charge in [-0.25, -0.2) is 4.68 Å². The molecule has 5 nitrogen and oxygen atoms in total. The lowest BCUT2D eigenvalue weighted by Crippen LogP contribution is -2.17. The third-order valence-electron chi connectivity index (χ3n) is 2.05. The number of rotatable bonds is 5. The highest BCUT2D eigenvalue weighted by atomic mass is 16.3. The molecule has 0 saturated heterocycles. The molecule has 1 atom stereocenters. The van der Waals surface area contributed by atoms with Crippen LogP contribution in [-0.4, -0.2) is 27.0 Å². The van der Waals surface area contributed by atoms with Crippen LogP contribution in [0.4, 0.5) is 11.5 Å². The molecule has 5 heteroatoms. The van der Waals surface area contributed by atoms with Crippen LogP contribution in [0.25, 0.3) is 0 Å². The Kier molecular flexibility index (Phi) is 3.96. The molecule has 0 aliphatic heterocycles. The van der Waals surface area contributed by atoms with E-state index in [1.54, 1.807) is 17.8 Å². The Morgan fingerprint density at radius 2 is 2.20 bits per heavy atom. The Hall–Kier alpha value is -1.23. The fraction of sp³-hybridized carbons (Fsp3) is 0.700. The number of aliphatic hydroxyl groups excluding tert-OH is 1. The summed E-state index contributed by atoms with van der Waals surface area (Å²) >= 11 is 0. The van der Waals surface area contributed by atoms with Gasteiger partial charge in [0.15, 0.2) is 0 Å². The normalized spacial score (nSPS) is 13.1. The summed E-state index contributed by atoms with van der Waals surface area (Å²) in [4.78, 5) is 0. The number of anilines is 2. The third kappa shape index (κ3) is 3.43. The molecule has 0 aromatic carbocycles. The second-order valence-corrected chi connectivity index (χ2v) is 4.11. The Morgan fingerprint density at radius 3 is 2.73 bits per heavy atom. The monoisotopic (exact) mass is 212 g/mol. The zero-order valence-corrected chi connectivity index (χ0v) is 9.57. The van der Waals surface area contributed by atoms with Crippen molar-refractivity contribution in [3.63, 3.8) is 0 Å². The van der Waals surface area contributed by atoms with Crippen LogP contribution in [0.2, 0.25) is 0 Å². The van der Waals surface area contributed by atoms with Gasteiger partial charge in [-0.2, -0.15) is 5.10 Å². The molecule has 0 spiro atoms. The third-order valence-corrected chi connectivity index (χ3v) is 2.05. The molecule has 4 N–H and O–H groups in total. The van der Waals surface area contributed by atoms with Gasteiger partial charge in [-0.05, 0) is 27.2 Å². The number of hydrogen-bond acceptors (Lipinski definition) is 4. The number of nitrogen functional groups attached to an aromatic ring is 1. The SMILES string of the molecule is CC(O)CCn1ncc(N)c1NC(C)C. The number of nitrogens with zero attached hydrogens (tertiary/aromatic N) is 2.